The van der Waals surface area contributed by atoms with Crippen LogP contribution in [-0.4, -0.2) is 37.5 Å². The molecule has 0 radical (unpaired) electrons. The standard InChI is InChI=1S/C21H22N4OS/c1-16-7-5-6-10-18(16)24-22-15-19-20(17-8-3-2-4-9-17)23-21(27-19)25-11-13-26-14-12-25/h2-10,15,24H,11-14H2,1H3/b22-15-. The van der Waals surface area contributed by atoms with Gasteiger partial charge in [0.25, 0.3) is 0 Å². The Morgan fingerprint density at radius 2 is 1.81 bits per heavy atom. The number of benzene rings is 2. The fourth-order valence-electron chi connectivity index (χ4n) is 2.96. The third-order valence-electron chi connectivity index (χ3n) is 4.48. The highest BCUT2D eigenvalue weighted by Crippen LogP contribution is 2.32. The molecule has 0 spiro atoms. The third kappa shape index (κ3) is 4.18. The number of hydrogen-bond donors (Lipinski definition) is 1. The van der Waals surface area contributed by atoms with E-state index >= 15 is 0 Å². The zero-order valence-electron chi connectivity index (χ0n) is 15.3. The van der Waals surface area contributed by atoms with Crippen LogP contribution in [0.5, 0.6) is 0 Å². The van der Waals surface area contributed by atoms with Crippen LogP contribution in [0.4, 0.5) is 10.8 Å². The molecule has 1 N–H and O–H groups in total. The van der Waals surface area contributed by atoms with Crippen molar-refractivity contribution in [2.45, 2.75) is 6.92 Å². The van der Waals surface area contributed by atoms with Crippen LogP contribution in [0.3, 0.4) is 0 Å². The molecule has 1 aliphatic heterocycles. The molecule has 0 atom stereocenters. The Bertz CT molecular complexity index is 917. The Morgan fingerprint density at radius 3 is 2.59 bits per heavy atom. The van der Waals surface area contributed by atoms with Crippen molar-refractivity contribution in [1.29, 1.82) is 0 Å². The number of nitrogens with zero attached hydrogens (tertiary/aromatic N) is 3. The monoisotopic (exact) mass is 378 g/mol. The predicted molar refractivity (Wildman–Crippen MR) is 113 cm³/mol. The second-order valence-corrected chi connectivity index (χ2v) is 7.37. The molecule has 2 heterocycles. The summed E-state index contributed by atoms with van der Waals surface area (Å²) in [5.41, 5.74) is 7.39. The molecule has 2 aromatic carbocycles. The molecule has 3 aromatic rings. The Morgan fingerprint density at radius 1 is 1.07 bits per heavy atom. The number of hydrazone groups is 1. The van der Waals surface area contributed by atoms with Gasteiger partial charge in [0.2, 0.25) is 0 Å². The number of thiazole rings is 1. The van der Waals surface area contributed by atoms with E-state index in [1.165, 1.54) is 0 Å². The van der Waals surface area contributed by atoms with Crippen molar-refractivity contribution in [1.82, 2.24) is 4.98 Å². The maximum atomic E-state index is 5.47. The number of morpholine rings is 1. The summed E-state index contributed by atoms with van der Waals surface area (Å²) in [5.74, 6) is 0. The molecular weight excluding hydrogens is 356 g/mol. The summed E-state index contributed by atoms with van der Waals surface area (Å²) in [4.78, 5) is 8.25. The fraction of sp³-hybridized carbons (Fsp3) is 0.238. The van der Waals surface area contributed by atoms with E-state index in [0.29, 0.717) is 0 Å². The molecule has 0 unspecified atom stereocenters. The van der Waals surface area contributed by atoms with Crippen LogP contribution in [-0.2, 0) is 4.74 Å². The minimum Gasteiger partial charge on any atom is -0.378 e. The van der Waals surface area contributed by atoms with Gasteiger partial charge in [0.1, 0.15) is 0 Å². The van der Waals surface area contributed by atoms with E-state index in [0.717, 1.165) is 58.8 Å². The normalized spacial score (nSPS) is 14.6. The predicted octanol–water partition coefficient (Wildman–Crippen LogP) is 4.40. The van der Waals surface area contributed by atoms with Crippen molar-refractivity contribution in [3.63, 3.8) is 0 Å². The van der Waals surface area contributed by atoms with Gasteiger partial charge in [0.05, 0.1) is 35.7 Å². The highest BCUT2D eigenvalue weighted by atomic mass is 32.1. The van der Waals surface area contributed by atoms with Gasteiger partial charge < -0.3 is 9.64 Å². The van der Waals surface area contributed by atoms with Crippen LogP contribution in [0, 0.1) is 6.92 Å². The van der Waals surface area contributed by atoms with Crippen LogP contribution < -0.4 is 10.3 Å². The first-order valence-corrected chi connectivity index (χ1v) is 9.86. The van der Waals surface area contributed by atoms with Crippen LogP contribution in [0.1, 0.15) is 10.4 Å². The molecule has 1 saturated heterocycles. The zero-order chi connectivity index (χ0) is 18.5. The molecule has 0 bridgehead atoms. The average molecular weight is 379 g/mol. The fourth-order valence-corrected chi connectivity index (χ4v) is 3.97. The lowest BCUT2D eigenvalue weighted by molar-refractivity contribution is 0.122. The van der Waals surface area contributed by atoms with E-state index < -0.39 is 0 Å². The van der Waals surface area contributed by atoms with Gasteiger partial charge in [-0.25, -0.2) is 4.98 Å². The Hall–Kier alpha value is -2.70. The SMILES string of the molecule is Cc1ccccc1N/N=C\c1sc(N2CCOCC2)nc1-c1ccccc1. The maximum absolute atomic E-state index is 5.47. The first-order valence-electron chi connectivity index (χ1n) is 9.05. The lowest BCUT2D eigenvalue weighted by Gasteiger charge is -2.26. The number of aryl methyl sites for hydroxylation is 1. The summed E-state index contributed by atoms with van der Waals surface area (Å²) < 4.78 is 5.47. The van der Waals surface area contributed by atoms with Crippen molar-refractivity contribution >= 4 is 28.4 Å². The summed E-state index contributed by atoms with van der Waals surface area (Å²) in [7, 11) is 0. The van der Waals surface area contributed by atoms with Gasteiger partial charge in [-0.15, -0.1) is 0 Å². The largest absolute Gasteiger partial charge is 0.378 e. The van der Waals surface area contributed by atoms with E-state index in [1.807, 2.05) is 42.6 Å². The van der Waals surface area contributed by atoms with E-state index in [9.17, 15) is 0 Å². The smallest absolute Gasteiger partial charge is 0.186 e. The Kier molecular flexibility index (Phi) is 5.46. The molecule has 138 valence electrons. The Labute approximate surface area is 163 Å². The number of hydrogen-bond acceptors (Lipinski definition) is 6. The molecule has 1 aromatic heterocycles. The van der Waals surface area contributed by atoms with Crippen molar-refractivity contribution in [3.05, 3.63) is 65.0 Å². The number of rotatable bonds is 5. The number of nitrogens with one attached hydrogen (secondary N) is 1. The molecule has 27 heavy (non-hydrogen) atoms. The summed E-state index contributed by atoms with van der Waals surface area (Å²) in [6.45, 7) is 5.31. The Balaban J connectivity index is 1.62. The van der Waals surface area contributed by atoms with E-state index in [4.69, 9.17) is 9.72 Å². The van der Waals surface area contributed by atoms with Gasteiger partial charge in [-0.3, -0.25) is 5.43 Å². The van der Waals surface area contributed by atoms with Crippen molar-refractivity contribution in [3.8, 4) is 11.3 Å². The van der Waals surface area contributed by atoms with Crippen LogP contribution in [0.25, 0.3) is 11.3 Å². The zero-order valence-corrected chi connectivity index (χ0v) is 16.1. The number of aromatic nitrogens is 1. The lowest BCUT2D eigenvalue weighted by atomic mass is 10.1. The molecule has 5 nitrogen and oxygen atoms in total. The first-order chi connectivity index (χ1) is 13.3. The molecule has 4 rings (SSSR count). The molecule has 0 amide bonds. The highest BCUT2D eigenvalue weighted by Gasteiger charge is 2.18. The summed E-state index contributed by atoms with van der Waals surface area (Å²) in [6.07, 6.45) is 1.87. The average Bonchev–Trinajstić information content (AvgIpc) is 3.15. The number of anilines is 2. The van der Waals surface area contributed by atoms with Gasteiger partial charge in [0.15, 0.2) is 5.13 Å². The van der Waals surface area contributed by atoms with Gasteiger partial charge in [-0.2, -0.15) is 5.10 Å². The van der Waals surface area contributed by atoms with Crippen molar-refractivity contribution in [2.24, 2.45) is 5.10 Å². The summed E-state index contributed by atoms with van der Waals surface area (Å²) in [5, 5.41) is 5.49. The van der Waals surface area contributed by atoms with Gasteiger partial charge in [-0.05, 0) is 18.6 Å². The van der Waals surface area contributed by atoms with Gasteiger partial charge in [-0.1, -0.05) is 59.9 Å². The van der Waals surface area contributed by atoms with Gasteiger partial charge in [0, 0.05) is 18.7 Å². The quantitative estimate of drug-likeness (QED) is 0.528. The molecule has 1 fully saturated rings. The second kappa shape index (κ2) is 8.33. The van der Waals surface area contributed by atoms with E-state index in [1.54, 1.807) is 11.3 Å². The maximum Gasteiger partial charge on any atom is 0.186 e. The van der Waals surface area contributed by atoms with Crippen LogP contribution in [0.2, 0.25) is 0 Å². The van der Waals surface area contributed by atoms with Crippen molar-refractivity contribution < 1.29 is 4.74 Å². The third-order valence-corrected chi connectivity index (χ3v) is 5.53. The van der Waals surface area contributed by atoms with Gasteiger partial charge >= 0.3 is 0 Å². The highest BCUT2D eigenvalue weighted by molar-refractivity contribution is 7.17. The minimum atomic E-state index is 0.749. The van der Waals surface area contributed by atoms with Crippen LogP contribution in [0.15, 0.2) is 59.7 Å². The van der Waals surface area contributed by atoms with Crippen LogP contribution >= 0.6 is 11.3 Å². The molecule has 0 aliphatic carbocycles. The summed E-state index contributed by atoms with van der Waals surface area (Å²) >= 11 is 1.67. The topological polar surface area (TPSA) is 49.8 Å². The second-order valence-electron chi connectivity index (χ2n) is 6.36. The molecule has 0 saturated carbocycles. The van der Waals surface area contributed by atoms with E-state index in [-0.39, 0.29) is 0 Å². The first kappa shape index (κ1) is 17.7. The summed E-state index contributed by atoms with van der Waals surface area (Å²) in [6, 6.07) is 18.4. The molecule has 1 aliphatic rings. The van der Waals surface area contributed by atoms with E-state index in [2.05, 4.69) is 40.5 Å². The molecular formula is C21H22N4OS. The molecule has 6 heteroatoms. The minimum absolute atomic E-state index is 0.749. The number of ether oxygens (including phenoxy) is 1. The lowest BCUT2D eigenvalue weighted by Crippen LogP contribution is -2.36. The number of para-hydroxylation sites is 1. The van der Waals surface area contributed by atoms with Crippen molar-refractivity contribution in [2.75, 3.05) is 36.6 Å².